The molecule has 2 aromatic carbocycles. The predicted octanol–water partition coefficient (Wildman–Crippen LogP) is 4.55. The fourth-order valence-electron chi connectivity index (χ4n) is 2.08. The van der Waals surface area contributed by atoms with Crippen LogP contribution in [-0.2, 0) is 9.53 Å². The van der Waals surface area contributed by atoms with Gasteiger partial charge in [-0.1, -0.05) is 66.7 Å². The molecule has 0 heterocycles. The molecule has 0 spiro atoms. The number of aryl methyl sites for hydroxylation is 1. The van der Waals surface area contributed by atoms with Gasteiger partial charge in [-0.05, 0) is 36.6 Å². The first-order chi connectivity index (χ1) is 10.6. The number of hydrogen-bond donors (Lipinski definition) is 0. The molecule has 0 saturated heterocycles. The lowest BCUT2D eigenvalue weighted by molar-refractivity contribution is -0.137. The molecule has 0 atom stereocenters. The third-order valence-electron chi connectivity index (χ3n) is 3.30. The predicted molar refractivity (Wildman–Crippen MR) is 90.5 cm³/mol. The zero-order valence-electron chi connectivity index (χ0n) is 13.0. The molecule has 22 heavy (non-hydrogen) atoms. The summed E-state index contributed by atoms with van der Waals surface area (Å²) < 4.78 is 5.19. The maximum atomic E-state index is 11.5. The molecule has 0 fully saturated rings. The second kappa shape index (κ2) is 7.41. The average molecular weight is 292 g/mol. The fraction of sp³-hybridized carbons (Fsp3) is 0.150. The lowest BCUT2D eigenvalue weighted by Crippen LogP contribution is -2.05. The molecule has 0 bridgehead atoms. The van der Waals surface area contributed by atoms with E-state index >= 15 is 0 Å². The van der Waals surface area contributed by atoms with Crippen LogP contribution >= 0.6 is 0 Å². The smallest absolute Gasteiger partial charge is 0.333 e. The Morgan fingerprint density at radius 3 is 2.23 bits per heavy atom. The SMILES string of the molecule is C=C(C)C(=O)OC/C=C(/c1ccccc1)c1ccc(C)cc1. The van der Waals surface area contributed by atoms with Crippen LogP contribution in [0.4, 0.5) is 0 Å². The monoisotopic (exact) mass is 292 g/mol. The number of ether oxygens (including phenoxy) is 1. The normalized spacial score (nSPS) is 11.1. The van der Waals surface area contributed by atoms with Crippen molar-refractivity contribution in [2.75, 3.05) is 6.61 Å². The minimum atomic E-state index is -0.368. The van der Waals surface area contributed by atoms with Crippen molar-refractivity contribution in [1.82, 2.24) is 0 Å². The maximum absolute atomic E-state index is 11.5. The first kappa shape index (κ1) is 15.8. The molecule has 0 radical (unpaired) electrons. The highest BCUT2D eigenvalue weighted by molar-refractivity contribution is 5.87. The number of esters is 1. The van der Waals surface area contributed by atoms with Gasteiger partial charge in [0, 0.05) is 5.57 Å². The van der Waals surface area contributed by atoms with E-state index in [0.29, 0.717) is 5.57 Å². The molecule has 2 aromatic rings. The summed E-state index contributed by atoms with van der Waals surface area (Å²) in [5, 5.41) is 0. The lowest BCUT2D eigenvalue weighted by atomic mass is 9.97. The molecule has 0 amide bonds. The summed E-state index contributed by atoms with van der Waals surface area (Å²) in [6, 6.07) is 18.4. The van der Waals surface area contributed by atoms with E-state index in [9.17, 15) is 4.79 Å². The van der Waals surface area contributed by atoms with Gasteiger partial charge >= 0.3 is 5.97 Å². The number of hydrogen-bond acceptors (Lipinski definition) is 2. The topological polar surface area (TPSA) is 26.3 Å². The Hall–Kier alpha value is -2.61. The molecular formula is C20H20O2. The summed E-state index contributed by atoms with van der Waals surface area (Å²) in [4.78, 5) is 11.5. The third-order valence-corrected chi connectivity index (χ3v) is 3.30. The van der Waals surface area contributed by atoms with Gasteiger partial charge in [-0.3, -0.25) is 0 Å². The maximum Gasteiger partial charge on any atom is 0.333 e. The van der Waals surface area contributed by atoms with E-state index in [1.807, 2.05) is 36.4 Å². The molecule has 2 nitrogen and oxygen atoms in total. The molecule has 0 aromatic heterocycles. The van der Waals surface area contributed by atoms with Gasteiger partial charge in [0.15, 0.2) is 0 Å². The van der Waals surface area contributed by atoms with Gasteiger partial charge in [0.05, 0.1) is 0 Å². The Labute approximate surface area is 131 Å². The number of carbonyl (C=O) groups excluding carboxylic acids is 1. The van der Waals surface area contributed by atoms with Crippen LogP contribution in [0.3, 0.4) is 0 Å². The highest BCUT2D eigenvalue weighted by Gasteiger charge is 2.06. The number of carbonyl (C=O) groups is 1. The molecule has 112 valence electrons. The molecule has 0 saturated carbocycles. The van der Waals surface area contributed by atoms with Gasteiger partial charge in [0.1, 0.15) is 6.61 Å². The Balaban J connectivity index is 2.28. The Bertz CT molecular complexity index is 679. The summed E-state index contributed by atoms with van der Waals surface area (Å²) in [5.74, 6) is -0.368. The van der Waals surface area contributed by atoms with Crippen molar-refractivity contribution in [2.45, 2.75) is 13.8 Å². The quantitative estimate of drug-likeness (QED) is 0.597. The second-order valence-electron chi connectivity index (χ2n) is 5.23. The van der Waals surface area contributed by atoms with Gasteiger partial charge in [0.2, 0.25) is 0 Å². The number of benzene rings is 2. The van der Waals surface area contributed by atoms with E-state index in [1.54, 1.807) is 6.92 Å². The molecular weight excluding hydrogens is 272 g/mol. The van der Waals surface area contributed by atoms with Gasteiger partial charge in [-0.2, -0.15) is 0 Å². The van der Waals surface area contributed by atoms with Crippen molar-refractivity contribution in [2.24, 2.45) is 0 Å². The zero-order valence-corrected chi connectivity index (χ0v) is 13.0. The van der Waals surface area contributed by atoms with E-state index in [2.05, 4.69) is 37.8 Å². The molecule has 0 aliphatic carbocycles. The second-order valence-corrected chi connectivity index (χ2v) is 5.23. The summed E-state index contributed by atoms with van der Waals surface area (Å²) in [7, 11) is 0. The summed E-state index contributed by atoms with van der Waals surface area (Å²) >= 11 is 0. The standard InChI is InChI=1S/C20H20O2/c1-15(2)20(21)22-14-13-19(17-7-5-4-6-8-17)18-11-9-16(3)10-12-18/h4-13H,1,14H2,2-3H3/b19-13-. The molecule has 0 aliphatic rings. The number of rotatable bonds is 5. The first-order valence-corrected chi connectivity index (χ1v) is 7.23. The van der Waals surface area contributed by atoms with E-state index in [4.69, 9.17) is 4.74 Å². The van der Waals surface area contributed by atoms with Gasteiger partial charge in [0.25, 0.3) is 0 Å². The molecule has 0 unspecified atom stereocenters. The lowest BCUT2D eigenvalue weighted by Gasteiger charge is -2.10. The summed E-state index contributed by atoms with van der Waals surface area (Å²) in [6.45, 7) is 7.51. The summed E-state index contributed by atoms with van der Waals surface area (Å²) in [5.41, 5.74) is 4.87. The van der Waals surface area contributed by atoms with Crippen molar-refractivity contribution in [3.8, 4) is 0 Å². The van der Waals surface area contributed by atoms with Crippen molar-refractivity contribution < 1.29 is 9.53 Å². The zero-order chi connectivity index (χ0) is 15.9. The minimum absolute atomic E-state index is 0.226. The van der Waals surface area contributed by atoms with Crippen LogP contribution < -0.4 is 0 Å². The largest absolute Gasteiger partial charge is 0.458 e. The average Bonchev–Trinajstić information content (AvgIpc) is 2.53. The molecule has 0 aliphatic heterocycles. The highest BCUT2D eigenvalue weighted by atomic mass is 16.5. The van der Waals surface area contributed by atoms with E-state index in [1.165, 1.54) is 5.56 Å². The minimum Gasteiger partial charge on any atom is -0.458 e. The Kier molecular flexibility index (Phi) is 5.31. The van der Waals surface area contributed by atoms with E-state index in [-0.39, 0.29) is 12.6 Å². The Morgan fingerprint density at radius 1 is 1.05 bits per heavy atom. The van der Waals surface area contributed by atoms with Gasteiger partial charge in [-0.25, -0.2) is 4.79 Å². The van der Waals surface area contributed by atoms with Crippen LogP contribution in [0.25, 0.3) is 5.57 Å². The molecule has 2 heteroatoms. The van der Waals surface area contributed by atoms with Crippen LogP contribution in [0.15, 0.2) is 72.8 Å². The van der Waals surface area contributed by atoms with E-state index in [0.717, 1.165) is 16.7 Å². The van der Waals surface area contributed by atoms with Crippen molar-refractivity contribution in [3.05, 3.63) is 89.5 Å². The Morgan fingerprint density at radius 2 is 1.64 bits per heavy atom. The van der Waals surface area contributed by atoms with Crippen LogP contribution in [0.2, 0.25) is 0 Å². The van der Waals surface area contributed by atoms with Crippen molar-refractivity contribution in [3.63, 3.8) is 0 Å². The molecule has 0 N–H and O–H groups in total. The van der Waals surface area contributed by atoms with Crippen LogP contribution in [-0.4, -0.2) is 12.6 Å². The van der Waals surface area contributed by atoms with Crippen LogP contribution in [0, 0.1) is 6.92 Å². The molecule has 2 rings (SSSR count). The van der Waals surface area contributed by atoms with Crippen molar-refractivity contribution >= 4 is 11.5 Å². The van der Waals surface area contributed by atoms with Crippen LogP contribution in [0.1, 0.15) is 23.6 Å². The van der Waals surface area contributed by atoms with Gasteiger partial charge < -0.3 is 4.74 Å². The first-order valence-electron chi connectivity index (χ1n) is 7.23. The van der Waals surface area contributed by atoms with E-state index < -0.39 is 0 Å². The van der Waals surface area contributed by atoms with Crippen LogP contribution in [0.5, 0.6) is 0 Å². The fourth-order valence-corrected chi connectivity index (χ4v) is 2.08. The van der Waals surface area contributed by atoms with Gasteiger partial charge in [-0.15, -0.1) is 0 Å². The third kappa shape index (κ3) is 4.19. The van der Waals surface area contributed by atoms with Crippen molar-refractivity contribution in [1.29, 1.82) is 0 Å². The highest BCUT2D eigenvalue weighted by Crippen LogP contribution is 2.23. The summed E-state index contributed by atoms with van der Waals surface area (Å²) in [6.07, 6.45) is 1.93.